The van der Waals surface area contributed by atoms with E-state index in [1.807, 2.05) is 59.5 Å². The molecule has 0 aromatic heterocycles. The summed E-state index contributed by atoms with van der Waals surface area (Å²) in [4.78, 5) is 43.2. The molecule has 3 amide bonds. The summed E-state index contributed by atoms with van der Waals surface area (Å²) in [6.07, 6.45) is 5.47. The van der Waals surface area contributed by atoms with Crippen LogP contribution in [0.1, 0.15) is 60.4 Å². The van der Waals surface area contributed by atoms with E-state index in [0.717, 1.165) is 36.9 Å². The number of amides is 3. The van der Waals surface area contributed by atoms with Crippen LogP contribution in [-0.4, -0.2) is 41.2 Å². The van der Waals surface area contributed by atoms with Gasteiger partial charge in [-0.3, -0.25) is 14.4 Å². The highest BCUT2D eigenvalue weighted by molar-refractivity contribution is 6.04. The number of anilines is 1. The second-order valence-corrected chi connectivity index (χ2v) is 9.23. The number of fused-ring (bicyclic) bond motifs is 2. The maximum absolute atomic E-state index is 13.9. The number of carbonyl (C=O) groups excluding carboxylic acids is 3. The number of benzene rings is 2. The molecular formula is C26H29N3O3. The number of rotatable bonds is 3. The smallest absolute Gasteiger partial charge is 0.254 e. The minimum Gasteiger partial charge on any atom is -0.369 e. The second-order valence-electron chi connectivity index (χ2n) is 9.23. The fourth-order valence-corrected chi connectivity index (χ4v) is 5.97. The highest BCUT2D eigenvalue weighted by Gasteiger charge is 2.49. The molecule has 4 atom stereocenters. The molecule has 0 radical (unpaired) electrons. The van der Waals surface area contributed by atoms with Crippen molar-refractivity contribution in [1.29, 1.82) is 0 Å². The molecule has 0 bridgehead atoms. The average Bonchev–Trinajstić information content (AvgIpc) is 3.22. The van der Waals surface area contributed by atoms with Crippen molar-refractivity contribution in [3.8, 4) is 0 Å². The first-order valence-corrected chi connectivity index (χ1v) is 11.6. The molecule has 2 fully saturated rings. The van der Waals surface area contributed by atoms with Gasteiger partial charge in [0.05, 0.1) is 5.92 Å². The molecule has 6 nitrogen and oxygen atoms in total. The minimum atomic E-state index is -0.478. The van der Waals surface area contributed by atoms with E-state index in [1.165, 1.54) is 0 Å². The summed E-state index contributed by atoms with van der Waals surface area (Å²) in [5.41, 5.74) is 7.81. The van der Waals surface area contributed by atoms with E-state index in [0.29, 0.717) is 30.9 Å². The van der Waals surface area contributed by atoms with Crippen molar-refractivity contribution < 1.29 is 14.4 Å². The van der Waals surface area contributed by atoms with Gasteiger partial charge in [-0.2, -0.15) is 0 Å². The quantitative estimate of drug-likeness (QED) is 0.808. The van der Waals surface area contributed by atoms with E-state index in [4.69, 9.17) is 5.73 Å². The van der Waals surface area contributed by atoms with Crippen molar-refractivity contribution in [3.05, 3.63) is 65.7 Å². The van der Waals surface area contributed by atoms with Crippen LogP contribution in [0.3, 0.4) is 0 Å². The number of para-hydroxylation sites is 1. The highest BCUT2D eigenvalue weighted by atomic mass is 16.2. The first-order valence-electron chi connectivity index (χ1n) is 11.6. The van der Waals surface area contributed by atoms with Gasteiger partial charge in [0.2, 0.25) is 11.8 Å². The lowest BCUT2D eigenvalue weighted by Crippen LogP contribution is -2.52. The largest absolute Gasteiger partial charge is 0.369 e. The zero-order valence-electron chi connectivity index (χ0n) is 18.2. The van der Waals surface area contributed by atoms with Gasteiger partial charge in [-0.15, -0.1) is 0 Å². The van der Waals surface area contributed by atoms with E-state index in [-0.39, 0.29) is 29.7 Å². The molecule has 3 aliphatic rings. The first-order chi connectivity index (χ1) is 15.6. The molecule has 2 N–H and O–H groups in total. The molecular weight excluding hydrogens is 402 g/mol. The third kappa shape index (κ3) is 3.48. The molecule has 0 spiro atoms. The normalized spacial score (nSPS) is 26.9. The second kappa shape index (κ2) is 8.41. The fourth-order valence-electron chi connectivity index (χ4n) is 5.97. The molecule has 166 valence electrons. The molecule has 2 heterocycles. The van der Waals surface area contributed by atoms with Gasteiger partial charge < -0.3 is 15.5 Å². The van der Waals surface area contributed by atoms with Crippen LogP contribution in [0.4, 0.5) is 5.69 Å². The predicted octanol–water partition coefficient (Wildman–Crippen LogP) is 3.47. The standard InChI is InChI=1S/C26H29N3O3/c27-24(30)20-14-15-28(22-13-7-5-11-19(20)22)26(32)23-16-18-10-4-6-12-21(18)29(23)25(31)17-8-2-1-3-9-17/h1-3,5,7-9,11,13,18,20-21,23H,4,6,10,12,14-16H2,(H2,27,30)/t18-,20?,21-,23-/m0/s1. The molecule has 1 aliphatic carbocycles. The molecule has 1 saturated heterocycles. The summed E-state index contributed by atoms with van der Waals surface area (Å²) in [6, 6.07) is 16.4. The summed E-state index contributed by atoms with van der Waals surface area (Å²) in [5, 5.41) is 0. The summed E-state index contributed by atoms with van der Waals surface area (Å²) in [6.45, 7) is 0.433. The van der Waals surface area contributed by atoms with Gasteiger partial charge in [0.25, 0.3) is 5.91 Å². The number of likely N-dealkylation sites (tertiary alicyclic amines) is 1. The zero-order chi connectivity index (χ0) is 22.2. The summed E-state index contributed by atoms with van der Waals surface area (Å²) < 4.78 is 0. The lowest BCUT2D eigenvalue weighted by molar-refractivity contribution is -0.123. The Hall–Kier alpha value is -3.15. The number of nitrogens with two attached hydrogens (primary N) is 1. The molecule has 1 unspecified atom stereocenters. The van der Waals surface area contributed by atoms with Crippen LogP contribution in [0.15, 0.2) is 54.6 Å². The van der Waals surface area contributed by atoms with Crippen molar-refractivity contribution in [2.45, 2.75) is 56.5 Å². The molecule has 2 aromatic rings. The van der Waals surface area contributed by atoms with Crippen molar-refractivity contribution in [2.24, 2.45) is 11.7 Å². The Kier molecular flexibility index (Phi) is 5.45. The summed E-state index contributed by atoms with van der Waals surface area (Å²) >= 11 is 0. The van der Waals surface area contributed by atoms with Crippen LogP contribution in [0.2, 0.25) is 0 Å². The Morgan fingerprint density at radius 2 is 1.59 bits per heavy atom. The van der Waals surface area contributed by atoms with Crippen LogP contribution in [0, 0.1) is 5.92 Å². The summed E-state index contributed by atoms with van der Waals surface area (Å²) in [7, 11) is 0. The Bertz CT molecular complexity index is 1040. The third-order valence-corrected chi connectivity index (χ3v) is 7.48. The van der Waals surface area contributed by atoms with E-state index < -0.39 is 6.04 Å². The monoisotopic (exact) mass is 431 g/mol. The first kappa shape index (κ1) is 20.7. The summed E-state index contributed by atoms with van der Waals surface area (Å²) in [5.74, 6) is -0.484. The van der Waals surface area contributed by atoms with Gasteiger partial charge in [0.15, 0.2) is 0 Å². The van der Waals surface area contributed by atoms with Crippen molar-refractivity contribution in [3.63, 3.8) is 0 Å². The van der Waals surface area contributed by atoms with Gasteiger partial charge in [0, 0.05) is 23.8 Å². The fraction of sp³-hybridized carbons (Fsp3) is 0.423. The highest BCUT2D eigenvalue weighted by Crippen LogP contribution is 2.43. The van der Waals surface area contributed by atoms with Gasteiger partial charge in [-0.1, -0.05) is 49.2 Å². The molecule has 2 aliphatic heterocycles. The average molecular weight is 432 g/mol. The lowest BCUT2D eigenvalue weighted by atomic mass is 9.84. The Morgan fingerprint density at radius 1 is 0.875 bits per heavy atom. The van der Waals surface area contributed by atoms with Crippen LogP contribution in [0.25, 0.3) is 0 Å². The van der Waals surface area contributed by atoms with Crippen LogP contribution in [0.5, 0.6) is 0 Å². The van der Waals surface area contributed by atoms with Crippen molar-refractivity contribution >= 4 is 23.4 Å². The molecule has 6 heteroatoms. The third-order valence-electron chi connectivity index (χ3n) is 7.48. The number of nitrogens with zero attached hydrogens (tertiary/aromatic N) is 2. The molecule has 1 saturated carbocycles. The van der Waals surface area contributed by atoms with Crippen molar-refractivity contribution in [1.82, 2.24) is 4.90 Å². The Balaban J connectivity index is 1.49. The molecule has 2 aromatic carbocycles. The van der Waals surface area contributed by atoms with Crippen LogP contribution >= 0.6 is 0 Å². The number of hydrogen-bond donors (Lipinski definition) is 1. The van der Waals surface area contributed by atoms with Crippen LogP contribution < -0.4 is 10.6 Å². The Labute approximate surface area is 188 Å². The Morgan fingerprint density at radius 3 is 2.38 bits per heavy atom. The predicted molar refractivity (Wildman–Crippen MR) is 122 cm³/mol. The SMILES string of the molecule is NC(=O)C1CCN(C(=O)[C@@H]2C[C@@H]3CCCC[C@@H]3N2C(=O)c2ccccc2)c2ccccc21. The van der Waals surface area contributed by atoms with E-state index >= 15 is 0 Å². The maximum atomic E-state index is 13.9. The van der Waals surface area contributed by atoms with Gasteiger partial charge in [-0.05, 0) is 55.4 Å². The zero-order valence-corrected chi connectivity index (χ0v) is 18.2. The topological polar surface area (TPSA) is 83.7 Å². The van der Waals surface area contributed by atoms with E-state index in [2.05, 4.69) is 0 Å². The minimum absolute atomic E-state index is 0.0425. The van der Waals surface area contributed by atoms with Gasteiger partial charge in [0.1, 0.15) is 6.04 Å². The molecule has 5 rings (SSSR count). The lowest BCUT2D eigenvalue weighted by Gasteiger charge is -2.38. The van der Waals surface area contributed by atoms with Crippen molar-refractivity contribution in [2.75, 3.05) is 11.4 Å². The number of hydrogen-bond acceptors (Lipinski definition) is 3. The number of primary amides is 1. The number of carbonyl (C=O) groups is 3. The van der Waals surface area contributed by atoms with Crippen LogP contribution in [-0.2, 0) is 9.59 Å². The van der Waals surface area contributed by atoms with E-state index in [1.54, 1.807) is 4.90 Å². The van der Waals surface area contributed by atoms with Gasteiger partial charge >= 0.3 is 0 Å². The molecule has 32 heavy (non-hydrogen) atoms. The van der Waals surface area contributed by atoms with E-state index in [9.17, 15) is 14.4 Å². The van der Waals surface area contributed by atoms with Gasteiger partial charge in [-0.25, -0.2) is 0 Å². The maximum Gasteiger partial charge on any atom is 0.254 e.